The van der Waals surface area contributed by atoms with Crippen molar-refractivity contribution in [3.63, 3.8) is 0 Å². The number of aliphatic hydroxyl groups is 1. The highest BCUT2D eigenvalue weighted by molar-refractivity contribution is 6.06. The number of benzene rings is 2. The third-order valence-corrected chi connectivity index (χ3v) is 6.64. The van der Waals surface area contributed by atoms with Crippen LogP contribution in [0.25, 0.3) is 11.8 Å². The summed E-state index contributed by atoms with van der Waals surface area (Å²) in [5.41, 5.74) is -6.31. The van der Waals surface area contributed by atoms with E-state index in [1.165, 1.54) is 0 Å². The summed E-state index contributed by atoms with van der Waals surface area (Å²) in [6.45, 7) is 0. The van der Waals surface area contributed by atoms with Crippen LogP contribution in [0.2, 0.25) is 0 Å². The SMILES string of the molecule is O=C1c2c(nc(Cc3ccccc3)n(-c3ccc(C(O)(C(F)(F)F)C(F)(F)F)cc3)c2=O)C=C2C=CC=CC12. The van der Waals surface area contributed by atoms with Gasteiger partial charge in [0.05, 0.1) is 17.3 Å². The Bertz CT molecular complexity index is 1580. The van der Waals surface area contributed by atoms with Gasteiger partial charge < -0.3 is 5.11 Å². The van der Waals surface area contributed by atoms with E-state index in [1.807, 2.05) is 0 Å². The number of ketones is 1. The van der Waals surface area contributed by atoms with Crippen LogP contribution in [0.5, 0.6) is 0 Å². The number of halogens is 6. The van der Waals surface area contributed by atoms with E-state index in [-0.39, 0.29) is 29.2 Å². The minimum Gasteiger partial charge on any atom is -0.369 e. The number of alkyl halides is 6. The molecular weight excluding hydrogens is 526 g/mol. The van der Waals surface area contributed by atoms with Gasteiger partial charge in [-0.15, -0.1) is 0 Å². The molecule has 2 aliphatic rings. The molecule has 3 aromatic rings. The molecular formula is C28H18F6N2O3. The number of carbonyl (C=O) groups excluding carboxylic acids is 1. The van der Waals surface area contributed by atoms with Crippen molar-refractivity contribution in [1.29, 1.82) is 0 Å². The minimum absolute atomic E-state index is 0.0662. The molecule has 0 radical (unpaired) electrons. The third-order valence-electron chi connectivity index (χ3n) is 6.64. The van der Waals surface area contributed by atoms with Crippen LogP contribution in [0.4, 0.5) is 26.3 Å². The van der Waals surface area contributed by atoms with E-state index in [2.05, 4.69) is 4.98 Å². The smallest absolute Gasteiger partial charge is 0.369 e. The normalized spacial score (nSPS) is 17.1. The van der Waals surface area contributed by atoms with Crippen molar-refractivity contribution in [1.82, 2.24) is 9.55 Å². The van der Waals surface area contributed by atoms with Gasteiger partial charge in [-0.3, -0.25) is 14.2 Å². The van der Waals surface area contributed by atoms with Gasteiger partial charge in [-0.1, -0.05) is 66.8 Å². The molecule has 0 saturated heterocycles. The molecule has 11 heteroatoms. The molecule has 0 spiro atoms. The molecule has 5 rings (SSSR count). The fraction of sp³-hybridized carbons (Fsp3) is 0.179. The Kier molecular flexibility index (Phi) is 6.21. The van der Waals surface area contributed by atoms with Gasteiger partial charge in [0.2, 0.25) is 0 Å². The predicted octanol–water partition coefficient (Wildman–Crippen LogP) is 5.46. The molecule has 0 fully saturated rings. The molecule has 0 bridgehead atoms. The van der Waals surface area contributed by atoms with E-state index < -0.39 is 40.8 Å². The Labute approximate surface area is 217 Å². The molecule has 1 aromatic heterocycles. The summed E-state index contributed by atoms with van der Waals surface area (Å²) in [6.07, 6.45) is -3.73. The van der Waals surface area contributed by atoms with E-state index in [1.54, 1.807) is 60.7 Å². The summed E-state index contributed by atoms with van der Waals surface area (Å²) in [7, 11) is 0. The van der Waals surface area contributed by atoms with Crippen molar-refractivity contribution in [3.05, 3.63) is 123 Å². The Hall–Kier alpha value is -4.25. The molecule has 2 aromatic carbocycles. The molecule has 200 valence electrons. The molecule has 1 heterocycles. The summed E-state index contributed by atoms with van der Waals surface area (Å²) >= 11 is 0. The zero-order chi connectivity index (χ0) is 28.2. The summed E-state index contributed by atoms with van der Waals surface area (Å²) in [6, 6.07) is 11.3. The van der Waals surface area contributed by atoms with Crippen molar-refractivity contribution < 1.29 is 36.2 Å². The molecule has 2 aliphatic carbocycles. The first-order valence-electron chi connectivity index (χ1n) is 11.6. The molecule has 5 nitrogen and oxygen atoms in total. The van der Waals surface area contributed by atoms with Crippen LogP contribution < -0.4 is 5.56 Å². The summed E-state index contributed by atoms with van der Waals surface area (Å²) in [5.74, 6) is -1.14. The fourth-order valence-electron chi connectivity index (χ4n) is 4.67. The topological polar surface area (TPSA) is 72.2 Å². The molecule has 0 saturated carbocycles. The van der Waals surface area contributed by atoms with Crippen LogP contribution in [-0.4, -0.2) is 32.8 Å². The van der Waals surface area contributed by atoms with E-state index in [0.717, 1.165) is 16.7 Å². The van der Waals surface area contributed by atoms with Crippen LogP contribution in [0.1, 0.15) is 33.0 Å². The van der Waals surface area contributed by atoms with Gasteiger partial charge in [0.1, 0.15) is 11.4 Å². The lowest BCUT2D eigenvalue weighted by Crippen LogP contribution is -2.53. The van der Waals surface area contributed by atoms with Gasteiger partial charge in [-0.2, -0.15) is 26.3 Å². The predicted molar refractivity (Wildman–Crippen MR) is 129 cm³/mol. The maximum absolute atomic E-state index is 13.7. The first kappa shape index (κ1) is 26.4. The summed E-state index contributed by atoms with van der Waals surface area (Å²) in [5, 5.41) is 9.73. The van der Waals surface area contributed by atoms with Crippen LogP contribution in [0.3, 0.4) is 0 Å². The van der Waals surface area contributed by atoms with Crippen molar-refractivity contribution >= 4 is 11.9 Å². The zero-order valence-electron chi connectivity index (χ0n) is 19.8. The van der Waals surface area contributed by atoms with Crippen LogP contribution in [-0.2, 0) is 12.0 Å². The van der Waals surface area contributed by atoms with Crippen LogP contribution in [0.15, 0.2) is 89.3 Å². The maximum Gasteiger partial charge on any atom is 0.430 e. The summed E-state index contributed by atoms with van der Waals surface area (Å²) < 4.78 is 81.1. The standard InChI is InChI=1S/C28H18F6N2O3/c29-27(30,31)26(39,28(32,33)34)18-10-12-19(13-11-18)36-22(14-16-6-2-1-3-7-16)35-21-15-17-8-4-5-9-20(17)24(37)23(21)25(36)38/h1-13,15,20,39H,14H2. The van der Waals surface area contributed by atoms with Gasteiger partial charge in [0.15, 0.2) is 5.78 Å². The number of rotatable bonds is 4. The molecule has 0 amide bonds. The monoisotopic (exact) mass is 544 g/mol. The number of nitrogens with zero attached hydrogens (tertiary/aromatic N) is 2. The number of hydrogen-bond donors (Lipinski definition) is 1. The highest BCUT2D eigenvalue weighted by atomic mass is 19.4. The fourth-order valence-corrected chi connectivity index (χ4v) is 4.67. The van der Waals surface area contributed by atoms with Gasteiger partial charge in [0.25, 0.3) is 11.2 Å². The second-order valence-corrected chi connectivity index (χ2v) is 9.07. The molecule has 1 N–H and O–H groups in total. The molecule has 1 atom stereocenters. The summed E-state index contributed by atoms with van der Waals surface area (Å²) in [4.78, 5) is 31.5. The molecule has 0 aliphatic heterocycles. The zero-order valence-corrected chi connectivity index (χ0v) is 19.8. The van der Waals surface area contributed by atoms with E-state index in [0.29, 0.717) is 23.3 Å². The van der Waals surface area contributed by atoms with Crippen molar-refractivity contribution in [2.75, 3.05) is 0 Å². The van der Waals surface area contributed by atoms with E-state index in [4.69, 9.17) is 0 Å². The minimum atomic E-state index is -6.06. The Morgan fingerprint density at radius 3 is 2.13 bits per heavy atom. The largest absolute Gasteiger partial charge is 0.430 e. The van der Waals surface area contributed by atoms with Crippen molar-refractivity contribution in [3.8, 4) is 5.69 Å². The number of hydrogen-bond acceptors (Lipinski definition) is 4. The Morgan fingerprint density at radius 2 is 1.51 bits per heavy atom. The lowest BCUT2D eigenvalue weighted by molar-refractivity contribution is -0.376. The van der Waals surface area contributed by atoms with Crippen LogP contribution in [0, 0.1) is 5.92 Å². The van der Waals surface area contributed by atoms with Crippen molar-refractivity contribution in [2.45, 2.75) is 24.4 Å². The highest BCUT2D eigenvalue weighted by Crippen LogP contribution is 2.50. The van der Waals surface area contributed by atoms with Gasteiger partial charge in [-0.05, 0) is 29.3 Å². The Balaban J connectivity index is 1.70. The number of aromatic nitrogens is 2. The average molecular weight is 544 g/mol. The van der Waals surface area contributed by atoms with Gasteiger partial charge in [0, 0.05) is 12.0 Å². The second-order valence-electron chi connectivity index (χ2n) is 9.07. The Morgan fingerprint density at radius 1 is 0.872 bits per heavy atom. The maximum atomic E-state index is 13.7. The average Bonchev–Trinajstić information content (AvgIpc) is 2.88. The lowest BCUT2D eigenvalue weighted by Gasteiger charge is -2.32. The number of Topliss-reactive ketones (excluding diaryl/α,β-unsaturated/α-hetero) is 1. The van der Waals surface area contributed by atoms with E-state index in [9.17, 15) is 41.0 Å². The number of fused-ring (bicyclic) bond motifs is 2. The highest BCUT2D eigenvalue weighted by Gasteiger charge is 2.71. The van der Waals surface area contributed by atoms with E-state index >= 15 is 0 Å². The van der Waals surface area contributed by atoms with Crippen LogP contribution >= 0.6 is 0 Å². The van der Waals surface area contributed by atoms with Crippen molar-refractivity contribution in [2.24, 2.45) is 5.92 Å². The lowest BCUT2D eigenvalue weighted by atomic mass is 9.82. The molecule has 39 heavy (non-hydrogen) atoms. The number of carbonyl (C=O) groups is 1. The number of allylic oxidation sites excluding steroid dienone is 5. The molecule has 1 unspecified atom stereocenters. The van der Waals surface area contributed by atoms with Gasteiger partial charge >= 0.3 is 12.4 Å². The van der Waals surface area contributed by atoms with Gasteiger partial charge in [-0.25, -0.2) is 4.98 Å². The third kappa shape index (κ3) is 4.32. The first-order valence-corrected chi connectivity index (χ1v) is 11.6. The first-order chi connectivity index (χ1) is 18.3. The quantitative estimate of drug-likeness (QED) is 0.443. The second kappa shape index (κ2) is 9.19.